The molecule has 1 aliphatic rings. The Balaban J connectivity index is 2.13. The Kier molecular flexibility index (Phi) is 4.90. The van der Waals surface area contributed by atoms with Crippen molar-refractivity contribution in [2.45, 2.75) is 33.2 Å². The van der Waals surface area contributed by atoms with E-state index in [0.717, 1.165) is 42.8 Å². The Morgan fingerprint density at radius 3 is 2.90 bits per heavy atom. The van der Waals surface area contributed by atoms with Crippen molar-refractivity contribution in [2.24, 2.45) is 11.1 Å². The Morgan fingerprint density at radius 2 is 2.29 bits per heavy atom. The second kappa shape index (κ2) is 6.67. The lowest BCUT2D eigenvalue weighted by Gasteiger charge is -2.33. The van der Waals surface area contributed by atoms with Gasteiger partial charge in [0.1, 0.15) is 0 Å². The van der Waals surface area contributed by atoms with E-state index in [2.05, 4.69) is 17.0 Å². The first-order valence-electron chi connectivity index (χ1n) is 7.22. The van der Waals surface area contributed by atoms with Gasteiger partial charge in [-0.3, -0.25) is 15.0 Å². The van der Waals surface area contributed by atoms with Crippen LogP contribution in [0.4, 0.5) is 5.69 Å². The van der Waals surface area contributed by atoms with Gasteiger partial charge in [-0.1, -0.05) is 24.2 Å². The molecule has 1 fully saturated rings. The molecule has 21 heavy (non-hydrogen) atoms. The lowest BCUT2D eigenvalue weighted by molar-refractivity contribution is -0.385. The van der Waals surface area contributed by atoms with Gasteiger partial charge < -0.3 is 5.21 Å². The molecule has 0 radical (unpaired) electrons. The summed E-state index contributed by atoms with van der Waals surface area (Å²) >= 11 is 0. The molecule has 2 rings (SSSR count). The number of nitrogens with zero attached hydrogens (tertiary/aromatic N) is 3. The highest BCUT2D eigenvalue weighted by Crippen LogP contribution is 2.24. The Labute approximate surface area is 124 Å². The van der Waals surface area contributed by atoms with Crippen LogP contribution in [0, 0.1) is 23.0 Å². The fourth-order valence-electron chi connectivity index (χ4n) is 2.90. The van der Waals surface area contributed by atoms with Crippen molar-refractivity contribution in [3.05, 3.63) is 39.4 Å². The Bertz CT molecular complexity index is 557. The van der Waals surface area contributed by atoms with Crippen LogP contribution in [-0.2, 0) is 6.54 Å². The van der Waals surface area contributed by atoms with Crippen LogP contribution in [-0.4, -0.2) is 33.8 Å². The summed E-state index contributed by atoms with van der Waals surface area (Å²) in [6, 6.07) is 5.22. The predicted octanol–water partition coefficient (Wildman–Crippen LogP) is 2.97. The van der Waals surface area contributed by atoms with Gasteiger partial charge in [-0.2, -0.15) is 0 Å². The van der Waals surface area contributed by atoms with Gasteiger partial charge in [-0.15, -0.1) is 0 Å². The third-order valence-corrected chi connectivity index (χ3v) is 4.26. The molecule has 114 valence electrons. The fraction of sp³-hybridized carbons (Fsp3) is 0.533. The standard InChI is InChI=1S/C15H21N3O3/c1-3-12-9-17(8-7-14(12)16-19)10-13-5-4-6-15(11(13)2)18(20)21/h4-6,12,19H,3,7-10H2,1-2H3/b16-14+. The second-order valence-corrected chi connectivity index (χ2v) is 5.50. The molecular weight excluding hydrogens is 270 g/mol. The number of likely N-dealkylation sites (tertiary alicyclic amines) is 1. The molecule has 0 spiro atoms. The van der Waals surface area contributed by atoms with E-state index >= 15 is 0 Å². The average Bonchev–Trinajstić information content (AvgIpc) is 2.48. The van der Waals surface area contributed by atoms with Crippen LogP contribution in [0.5, 0.6) is 0 Å². The van der Waals surface area contributed by atoms with Crippen LogP contribution in [0.15, 0.2) is 23.4 Å². The first-order valence-corrected chi connectivity index (χ1v) is 7.22. The minimum atomic E-state index is -0.333. The van der Waals surface area contributed by atoms with E-state index in [1.165, 1.54) is 0 Å². The minimum absolute atomic E-state index is 0.175. The van der Waals surface area contributed by atoms with Crippen LogP contribution in [0.3, 0.4) is 0 Å². The molecule has 0 amide bonds. The number of benzene rings is 1. The fourth-order valence-corrected chi connectivity index (χ4v) is 2.90. The van der Waals surface area contributed by atoms with E-state index in [-0.39, 0.29) is 16.5 Å². The zero-order valence-electron chi connectivity index (χ0n) is 12.5. The molecule has 1 heterocycles. The van der Waals surface area contributed by atoms with E-state index in [0.29, 0.717) is 6.54 Å². The zero-order valence-corrected chi connectivity index (χ0v) is 12.5. The molecule has 6 nitrogen and oxygen atoms in total. The molecule has 1 saturated heterocycles. The van der Waals surface area contributed by atoms with Gasteiger partial charge in [-0.05, 0) is 18.9 Å². The maximum absolute atomic E-state index is 11.0. The van der Waals surface area contributed by atoms with Crippen LogP contribution in [0.25, 0.3) is 0 Å². The van der Waals surface area contributed by atoms with E-state index in [1.54, 1.807) is 19.1 Å². The molecule has 0 aliphatic carbocycles. The number of hydrogen-bond acceptors (Lipinski definition) is 5. The SMILES string of the molecule is CCC1CN(Cc2cccc([N+](=O)[O-])c2C)CC/C1=N\O. The third kappa shape index (κ3) is 3.39. The van der Waals surface area contributed by atoms with Gasteiger partial charge in [-0.25, -0.2) is 0 Å². The lowest BCUT2D eigenvalue weighted by Crippen LogP contribution is -2.40. The molecule has 0 aromatic heterocycles. The molecule has 1 aromatic carbocycles. The quantitative estimate of drug-likeness (QED) is 0.525. The minimum Gasteiger partial charge on any atom is -0.411 e. The summed E-state index contributed by atoms with van der Waals surface area (Å²) < 4.78 is 0. The Morgan fingerprint density at radius 1 is 1.52 bits per heavy atom. The molecule has 1 aromatic rings. The van der Waals surface area contributed by atoms with Crippen molar-refractivity contribution in [2.75, 3.05) is 13.1 Å². The summed E-state index contributed by atoms with van der Waals surface area (Å²) in [4.78, 5) is 12.9. The lowest BCUT2D eigenvalue weighted by atomic mass is 9.92. The highest BCUT2D eigenvalue weighted by atomic mass is 16.6. The number of piperidine rings is 1. The molecule has 0 bridgehead atoms. The second-order valence-electron chi connectivity index (χ2n) is 5.50. The van der Waals surface area contributed by atoms with E-state index in [9.17, 15) is 10.1 Å². The summed E-state index contributed by atoms with van der Waals surface area (Å²) in [5.41, 5.74) is 2.76. The topological polar surface area (TPSA) is 79.0 Å². The van der Waals surface area contributed by atoms with Gasteiger partial charge in [0.05, 0.1) is 10.6 Å². The van der Waals surface area contributed by atoms with Gasteiger partial charge >= 0.3 is 0 Å². The van der Waals surface area contributed by atoms with E-state index in [4.69, 9.17) is 5.21 Å². The summed E-state index contributed by atoms with van der Waals surface area (Å²) in [5, 5.41) is 23.4. The van der Waals surface area contributed by atoms with Crippen molar-refractivity contribution in [3.63, 3.8) is 0 Å². The van der Waals surface area contributed by atoms with Crippen molar-refractivity contribution in [1.29, 1.82) is 0 Å². The molecule has 1 aliphatic heterocycles. The summed E-state index contributed by atoms with van der Waals surface area (Å²) in [5.74, 6) is 0.266. The van der Waals surface area contributed by atoms with Gasteiger partial charge in [0.2, 0.25) is 0 Å². The maximum atomic E-state index is 11.0. The summed E-state index contributed by atoms with van der Waals surface area (Å²) in [6.45, 7) is 6.23. The highest BCUT2D eigenvalue weighted by Gasteiger charge is 2.25. The Hall–Kier alpha value is -1.95. The normalized spacial score (nSPS) is 21.6. The van der Waals surface area contributed by atoms with E-state index in [1.807, 2.05) is 6.07 Å². The van der Waals surface area contributed by atoms with Gasteiger partial charge in [0.15, 0.2) is 0 Å². The molecular formula is C15H21N3O3. The number of nitro groups is 1. The van der Waals surface area contributed by atoms with Crippen molar-refractivity contribution in [3.8, 4) is 0 Å². The zero-order chi connectivity index (χ0) is 15.4. The number of hydrogen-bond donors (Lipinski definition) is 1. The van der Waals surface area contributed by atoms with Crippen molar-refractivity contribution in [1.82, 2.24) is 4.90 Å². The van der Waals surface area contributed by atoms with Crippen LogP contribution >= 0.6 is 0 Å². The first kappa shape index (κ1) is 15.4. The van der Waals surface area contributed by atoms with E-state index < -0.39 is 0 Å². The van der Waals surface area contributed by atoms with Gasteiger partial charge in [0, 0.05) is 43.6 Å². The molecule has 6 heteroatoms. The van der Waals surface area contributed by atoms with Crippen molar-refractivity contribution < 1.29 is 10.1 Å². The van der Waals surface area contributed by atoms with Crippen molar-refractivity contribution >= 4 is 11.4 Å². The smallest absolute Gasteiger partial charge is 0.272 e. The monoisotopic (exact) mass is 291 g/mol. The highest BCUT2D eigenvalue weighted by molar-refractivity contribution is 5.87. The third-order valence-electron chi connectivity index (χ3n) is 4.26. The average molecular weight is 291 g/mol. The van der Waals surface area contributed by atoms with Crippen LogP contribution in [0.2, 0.25) is 0 Å². The molecule has 1 unspecified atom stereocenters. The molecule has 1 N–H and O–H groups in total. The largest absolute Gasteiger partial charge is 0.411 e. The number of oxime groups is 1. The maximum Gasteiger partial charge on any atom is 0.272 e. The summed E-state index contributed by atoms with van der Waals surface area (Å²) in [7, 11) is 0. The summed E-state index contributed by atoms with van der Waals surface area (Å²) in [6.07, 6.45) is 1.69. The van der Waals surface area contributed by atoms with Crippen LogP contribution in [0.1, 0.15) is 30.9 Å². The molecule has 0 saturated carbocycles. The van der Waals surface area contributed by atoms with Gasteiger partial charge in [0.25, 0.3) is 5.69 Å². The number of nitro benzene ring substituents is 1. The van der Waals surface area contributed by atoms with Crippen LogP contribution < -0.4 is 0 Å². The predicted molar refractivity (Wildman–Crippen MR) is 80.7 cm³/mol. The first-order chi connectivity index (χ1) is 10.1. The molecule has 1 atom stereocenters. The number of rotatable bonds is 4.